The molecule has 0 radical (unpaired) electrons. The van der Waals surface area contributed by atoms with Gasteiger partial charge in [-0.05, 0) is 36.1 Å². The second-order valence-electron chi connectivity index (χ2n) is 6.27. The minimum Gasteiger partial charge on any atom is -0.271 e. The summed E-state index contributed by atoms with van der Waals surface area (Å²) in [6.07, 6.45) is 11.3. The van der Waals surface area contributed by atoms with E-state index in [0.717, 1.165) is 17.9 Å². The van der Waals surface area contributed by atoms with E-state index in [2.05, 4.69) is 34.7 Å². The molecule has 1 aliphatic rings. The highest BCUT2D eigenvalue weighted by Crippen LogP contribution is 2.31. The van der Waals surface area contributed by atoms with Gasteiger partial charge in [-0.1, -0.05) is 50.7 Å². The van der Waals surface area contributed by atoms with Crippen LogP contribution in [0.3, 0.4) is 0 Å². The van der Waals surface area contributed by atoms with E-state index in [0.29, 0.717) is 0 Å². The normalized spacial score (nSPS) is 18.5. The first-order valence-electron chi connectivity index (χ1n) is 8.17. The molecule has 112 valence electrons. The molecular formula is C18H25N3. The maximum absolute atomic E-state index is 5.84. The molecule has 1 aliphatic carbocycles. The first-order valence-corrected chi connectivity index (χ1v) is 8.17. The van der Waals surface area contributed by atoms with Crippen molar-refractivity contribution >= 4 is 10.9 Å². The van der Waals surface area contributed by atoms with Crippen molar-refractivity contribution in [1.29, 1.82) is 0 Å². The third kappa shape index (κ3) is 3.60. The van der Waals surface area contributed by atoms with Crippen LogP contribution in [0.5, 0.6) is 0 Å². The summed E-state index contributed by atoms with van der Waals surface area (Å²) < 4.78 is 0. The van der Waals surface area contributed by atoms with E-state index in [1.807, 2.05) is 12.3 Å². The lowest BCUT2D eigenvalue weighted by Crippen LogP contribution is -2.29. The van der Waals surface area contributed by atoms with Gasteiger partial charge in [0.05, 0.1) is 5.52 Å². The monoisotopic (exact) mass is 283 g/mol. The lowest BCUT2D eigenvalue weighted by molar-refractivity contribution is 0.359. The van der Waals surface area contributed by atoms with Gasteiger partial charge in [0, 0.05) is 17.6 Å². The smallest absolute Gasteiger partial charge is 0.0702 e. The Bertz CT molecular complexity index is 573. The number of nitrogens with zero attached hydrogens (tertiary/aromatic N) is 1. The van der Waals surface area contributed by atoms with Gasteiger partial charge in [0.2, 0.25) is 0 Å². The second kappa shape index (κ2) is 7.01. The first-order chi connectivity index (χ1) is 10.4. The molecule has 0 aliphatic heterocycles. The quantitative estimate of drug-likeness (QED) is 0.504. The van der Waals surface area contributed by atoms with Crippen LogP contribution in [0.2, 0.25) is 0 Å². The Labute approximate surface area is 126 Å². The molecule has 0 bridgehead atoms. The summed E-state index contributed by atoms with van der Waals surface area (Å²) in [6.45, 7) is 0. The number of benzene rings is 1. The fourth-order valence-corrected chi connectivity index (χ4v) is 3.54. The topological polar surface area (TPSA) is 50.9 Å². The van der Waals surface area contributed by atoms with E-state index in [4.69, 9.17) is 5.84 Å². The molecule has 0 amide bonds. The number of fused-ring (bicyclic) bond motifs is 1. The van der Waals surface area contributed by atoms with Gasteiger partial charge in [0.15, 0.2) is 0 Å². The van der Waals surface area contributed by atoms with Gasteiger partial charge >= 0.3 is 0 Å². The van der Waals surface area contributed by atoms with Crippen LogP contribution in [0.15, 0.2) is 36.5 Å². The zero-order chi connectivity index (χ0) is 14.5. The Morgan fingerprint density at radius 1 is 1.14 bits per heavy atom. The molecule has 1 aromatic carbocycles. The number of aromatic nitrogens is 1. The Hall–Kier alpha value is -1.45. The Kier molecular flexibility index (Phi) is 4.84. The average Bonchev–Trinajstić information content (AvgIpc) is 2.81. The van der Waals surface area contributed by atoms with Crippen molar-refractivity contribution in [3.8, 4) is 0 Å². The van der Waals surface area contributed by atoms with E-state index in [9.17, 15) is 0 Å². The number of nitrogens with one attached hydrogen (secondary N) is 1. The highest BCUT2D eigenvalue weighted by Gasteiger charge is 2.19. The van der Waals surface area contributed by atoms with Gasteiger partial charge in [-0.3, -0.25) is 16.3 Å². The summed E-state index contributed by atoms with van der Waals surface area (Å²) in [5, 5.41) is 1.19. The predicted molar refractivity (Wildman–Crippen MR) is 87.6 cm³/mol. The summed E-state index contributed by atoms with van der Waals surface area (Å²) in [7, 11) is 0. The molecule has 1 atom stereocenters. The van der Waals surface area contributed by atoms with E-state index < -0.39 is 0 Å². The van der Waals surface area contributed by atoms with Crippen LogP contribution in [-0.4, -0.2) is 4.98 Å². The van der Waals surface area contributed by atoms with Crippen molar-refractivity contribution in [3.63, 3.8) is 0 Å². The van der Waals surface area contributed by atoms with Gasteiger partial charge in [-0.25, -0.2) is 0 Å². The average molecular weight is 283 g/mol. The molecule has 3 heteroatoms. The van der Waals surface area contributed by atoms with Crippen LogP contribution in [-0.2, 0) is 0 Å². The van der Waals surface area contributed by atoms with Crippen molar-refractivity contribution in [2.75, 3.05) is 0 Å². The molecule has 1 fully saturated rings. The number of nitrogens with two attached hydrogens (primary N) is 1. The van der Waals surface area contributed by atoms with Crippen molar-refractivity contribution in [1.82, 2.24) is 10.4 Å². The lowest BCUT2D eigenvalue weighted by Gasteiger charge is -2.22. The van der Waals surface area contributed by atoms with Crippen LogP contribution in [0.1, 0.15) is 56.6 Å². The summed E-state index contributed by atoms with van der Waals surface area (Å²) >= 11 is 0. The molecule has 0 saturated heterocycles. The predicted octanol–water partition coefficient (Wildman–Crippen LogP) is 4.10. The molecule has 3 nitrogen and oxygen atoms in total. The van der Waals surface area contributed by atoms with E-state index >= 15 is 0 Å². The molecule has 1 heterocycles. The number of rotatable bonds is 4. The summed E-state index contributed by atoms with van der Waals surface area (Å²) in [5.74, 6) is 6.64. The maximum atomic E-state index is 5.84. The number of pyridine rings is 1. The Morgan fingerprint density at radius 2 is 1.95 bits per heavy atom. The molecule has 0 spiro atoms. The highest BCUT2D eigenvalue weighted by molar-refractivity contribution is 5.79. The van der Waals surface area contributed by atoms with Gasteiger partial charge in [0.1, 0.15) is 0 Å². The lowest BCUT2D eigenvalue weighted by atomic mass is 9.89. The van der Waals surface area contributed by atoms with Crippen LogP contribution < -0.4 is 11.3 Å². The molecule has 1 aromatic heterocycles. The van der Waals surface area contributed by atoms with E-state index in [1.165, 1.54) is 49.5 Å². The van der Waals surface area contributed by atoms with E-state index in [-0.39, 0.29) is 6.04 Å². The molecule has 1 unspecified atom stereocenters. The number of hydrogen-bond acceptors (Lipinski definition) is 3. The van der Waals surface area contributed by atoms with Crippen molar-refractivity contribution in [3.05, 3.63) is 42.1 Å². The zero-order valence-electron chi connectivity index (χ0n) is 12.6. The van der Waals surface area contributed by atoms with Gasteiger partial charge < -0.3 is 0 Å². The minimum absolute atomic E-state index is 0.248. The van der Waals surface area contributed by atoms with Crippen LogP contribution in [0, 0.1) is 5.92 Å². The molecule has 2 aromatic rings. The number of hydrogen-bond donors (Lipinski definition) is 2. The maximum Gasteiger partial charge on any atom is 0.0702 e. The van der Waals surface area contributed by atoms with Crippen LogP contribution in [0.25, 0.3) is 10.9 Å². The largest absolute Gasteiger partial charge is 0.271 e. The summed E-state index contributed by atoms with van der Waals surface area (Å²) in [4.78, 5) is 4.38. The van der Waals surface area contributed by atoms with Crippen molar-refractivity contribution < 1.29 is 0 Å². The van der Waals surface area contributed by atoms with Gasteiger partial charge in [-0.15, -0.1) is 0 Å². The van der Waals surface area contributed by atoms with Crippen molar-refractivity contribution in [2.45, 2.75) is 51.0 Å². The zero-order valence-corrected chi connectivity index (χ0v) is 12.6. The third-order valence-corrected chi connectivity index (χ3v) is 4.77. The molecule has 21 heavy (non-hydrogen) atoms. The molecule has 1 saturated carbocycles. The fourth-order valence-electron chi connectivity index (χ4n) is 3.54. The molecular weight excluding hydrogens is 258 g/mol. The van der Waals surface area contributed by atoms with E-state index in [1.54, 1.807) is 0 Å². The second-order valence-corrected chi connectivity index (χ2v) is 6.27. The van der Waals surface area contributed by atoms with Crippen LogP contribution >= 0.6 is 0 Å². The standard InChI is InChI=1S/C18H25N3/c19-21-18(12-14-6-3-1-2-4-7-14)16-9-10-17-15(13-16)8-5-11-20-17/h5,8-11,13-14,18,21H,1-4,6-7,12,19H2. The number of hydrazine groups is 1. The Morgan fingerprint density at radius 3 is 2.71 bits per heavy atom. The van der Waals surface area contributed by atoms with Gasteiger partial charge in [0.25, 0.3) is 0 Å². The van der Waals surface area contributed by atoms with Gasteiger partial charge in [-0.2, -0.15) is 0 Å². The summed E-state index contributed by atoms with van der Waals surface area (Å²) in [5.41, 5.74) is 5.36. The molecule has 3 rings (SSSR count). The minimum atomic E-state index is 0.248. The Balaban J connectivity index is 1.77. The third-order valence-electron chi connectivity index (χ3n) is 4.77. The first kappa shape index (κ1) is 14.5. The van der Waals surface area contributed by atoms with Crippen LogP contribution in [0.4, 0.5) is 0 Å². The summed E-state index contributed by atoms with van der Waals surface area (Å²) in [6, 6.07) is 10.8. The fraction of sp³-hybridized carbons (Fsp3) is 0.500. The molecule has 3 N–H and O–H groups in total. The SMILES string of the molecule is NNC(CC1CCCCCC1)c1ccc2ncccc2c1. The van der Waals surface area contributed by atoms with Crippen molar-refractivity contribution in [2.24, 2.45) is 11.8 Å². The highest BCUT2D eigenvalue weighted by atomic mass is 15.2.